The minimum Gasteiger partial charge on any atom is -0.149 e. The fourth-order valence-electron chi connectivity index (χ4n) is 10.3. The van der Waals surface area contributed by atoms with E-state index in [9.17, 15) is 11.1 Å². The van der Waals surface area contributed by atoms with Gasteiger partial charge in [-0.1, -0.05) is 200 Å². The molecule has 2 heteroatoms. The number of hydrogen-bond acceptors (Lipinski definition) is 0. The molecule has 0 aliphatic carbocycles. The van der Waals surface area contributed by atoms with E-state index in [1.165, 1.54) is 99.0 Å². The van der Waals surface area contributed by atoms with E-state index in [4.69, 9.17) is 0 Å². The molecule has 0 atom stereocenters. The highest BCUT2D eigenvalue weighted by molar-refractivity contribution is 7.42. The molecule has 9 aromatic carbocycles. The average Bonchev–Trinajstić information content (AvgIpc) is 3.29. The van der Waals surface area contributed by atoms with Gasteiger partial charge in [0, 0.05) is 0 Å². The molecule has 0 unspecified atom stereocenters. The van der Waals surface area contributed by atoms with Crippen LogP contribution in [-0.4, -0.2) is 7.38 Å². The van der Waals surface area contributed by atoms with Crippen LogP contribution in [0.3, 0.4) is 0 Å². The van der Waals surface area contributed by atoms with Crippen molar-refractivity contribution in [3.8, 4) is 66.8 Å². The zero-order valence-electron chi connectivity index (χ0n) is 36.4. The summed E-state index contributed by atoms with van der Waals surface area (Å²) in [6.07, 6.45) is 0. The van der Waals surface area contributed by atoms with E-state index in [0.717, 1.165) is 16.7 Å². The molecule has 0 bridgehead atoms. The number of hydrogen-bond donors (Lipinski definition) is 0. The molecule has 0 amide bonds. The summed E-state index contributed by atoms with van der Waals surface area (Å²) < 4.78 is 0. The Morgan fingerprint density at radius 2 is 0.419 bits per heavy atom. The topological polar surface area (TPSA) is 0 Å². The predicted molar refractivity (Wildman–Crippen MR) is 271 cm³/mol. The van der Waals surface area contributed by atoms with Crippen molar-refractivity contribution in [1.82, 2.24) is 0 Å². The van der Waals surface area contributed by atoms with Crippen LogP contribution in [0.5, 0.6) is 0 Å². The van der Waals surface area contributed by atoms with Crippen LogP contribution < -0.4 is 15.6 Å². The summed E-state index contributed by atoms with van der Waals surface area (Å²) in [6.45, 7) is 13.7. The van der Waals surface area contributed by atoms with Crippen molar-refractivity contribution in [3.05, 3.63) is 234 Å². The highest BCUT2D eigenvalue weighted by atomic mass is 35.6. The summed E-state index contributed by atoms with van der Waals surface area (Å²) in [5.41, 5.74) is 21.6. The standard InChI is InChI=1S/C60H51ClSi/c1-40-37-43(4)58(55(49-31-19-10-20-32-49)52(40)46-25-13-7-14-26-46)62(61,59-44(5)38-41(2)53(47-27-15-8-16-28-47)56(59)50-33-21-11-22-34-50)60-45(6)39-42(3)54(48-29-17-9-18-30-48)57(60)51-35-23-12-24-36-51/h7-39H,1-6H3. The van der Waals surface area contributed by atoms with Crippen molar-refractivity contribution in [2.24, 2.45) is 0 Å². The number of rotatable bonds is 9. The van der Waals surface area contributed by atoms with E-state index >= 15 is 0 Å². The van der Waals surface area contributed by atoms with Crippen molar-refractivity contribution in [1.29, 1.82) is 0 Å². The van der Waals surface area contributed by atoms with Gasteiger partial charge in [-0.15, -0.1) is 11.1 Å². The van der Waals surface area contributed by atoms with Crippen LogP contribution in [0.15, 0.2) is 200 Å². The van der Waals surface area contributed by atoms with Gasteiger partial charge in [-0.25, -0.2) is 0 Å². The molecule has 0 aliphatic heterocycles. The lowest BCUT2D eigenvalue weighted by molar-refractivity contribution is 1.38. The van der Waals surface area contributed by atoms with Gasteiger partial charge < -0.3 is 0 Å². The van der Waals surface area contributed by atoms with Gasteiger partial charge in [0.05, 0.1) is 0 Å². The number of benzene rings is 9. The van der Waals surface area contributed by atoms with Gasteiger partial charge in [0.1, 0.15) is 0 Å². The first-order valence-electron chi connectivity index (χ1n) is 21.6. The van der Waals surface area contributed by atoms with Gasteiger partial charge in [0.2, 0.25) is 0 Å². The normalized spacial score (nSPS) is 11.5. The van der Waals surface area contributed by atoms with Gasteiger partial charge in [0.25, 0.3) is 7.38 Å². The Morgan fingerprint density at radius 3 is 0.613 bits per heavy atom. The number of halogens is 1. The second-order valence-electron chi connectivity index (χ2n) is 16.8. The monoisotopic (exact) mass is 834 g/mol. The molecule has 0 saturated heterocycles. The lowest BCUT2D eigenvalue weighted by Gasteiger charge is -2.39. The maximum atomic E-state index is 9.57. The molecule has 0 N–H and O–H groups in total. The molecule has 0 spiro atoms. The van der Waals surface area contributed by atoms with Gasteiger partial charge >= 0.3 is 0 Å². The largest absolute Gasteiger partial charge is 0.250 e. The molecule has 0 nitrogen and oxygen atoms in total. The minimum atomic E-state index is -3.78. The van der Waals surface area contributed by atoms with Crippen molar-refractivity contribution in [2.75, 3.05) is 0 Å². The molecule has 0 aromatic heterocycles. The van der Waals surface area contributed by atoms with Crippen LogP contribution in [0.4, 0.5) is 0 Å². The molecule has 9 rings (SSSR count). The predicted octanol–water partition coefficient (Wildman–Crippen LogP) is 14.7. The Morgan fingerprint density at radius 1 is 0.242 bits per heavy atom. The quantitative estimate of drug-likeness (QED) is 0.0772. The molecule has 0 aliphatic rings. The second-order valence-corrected chi connectivity index (χ2v) is 21.3. The molecular weight excluding hydrogens is 784 g/mol. The van der Waals surface area contributed by atoms with Crippen molar-refractivity contribution in [3.63, 3.8) is 0 Å². The smallest absolute Gasteiger partial charge is 0.149 e. The Hall–Kier alpha value is -6.51. The van der Waals surface area contributed by atoms with Crippen LogP contribution in [0.2, 0.25) is 0 Å². The molecule has 62 heavy (non-hydrogen) atoms. The maximum Gasteiger partial charge on any atom is 0.250 e. The SMILES string of the molecule is Cc1cc(C)c([Si](Cl)(c2c(C)cc(C)c(-c3ccccc3)c2-c2ccccc2)c2c(C)cc(C)c(-c3ccccc3)c2-c2ccccc2)c(-c2ccccc2)c1-c1ccccc1. The van der Waals surface area contributed by atoms with E-state index in [-0.39, 0.29) is 0 Å². The third-order valence-electron chi connectivity index (χ3n) is 12.6. The molecule has 0 heterocycles. The van der Waals surface area contributed by atoms with Crippen LogP contribution in [0.25, 0.3) is 66.8 Å². The highest BCUT2D eigenvalue weighted by Gasteiger charge is 2.48. The molecule has 9 aromatic rings. The van der Waals surface area contributed by atoms with E-state index in [0.29, 0.717) is 0 Å². The van der Waals surface area contributed by atoms with Crippen LogP contribution in [0, 0.1) is 41.5 Å². The zero-order chi connectivity index (χ0) is 43.0. The third-order valence-corrected chi connectivity index (χ3v) is 18.3. The van der Waals surface area contributed by atoms with Crippen molar-refractivity contribution < 1.29 is 0 Å². The average molecular weight is 836 g/mol. The van der Waals surface area contributed by atoms with E-state index in [2.05, 4.69) is 242 Å². The van der Waals surface area contributed by atoms with Crippen LogP contribution >= 0.6 is 11.1 Å². The Bertz CT molecular complexity index is 2700. The highest BCUT2D eigenvalue weighted by Crippen LogP contribution is 2.44. The first-order valence-corrected chi connectivity index (χ1v) is 24.6. The summed E-state index contributed by atoms with van der Waals surface area (Å²) in [4.78, 5) is 0. The Labute approximate surface area is 373 Å². The third kappa shape index (κ3) is 7.16. The van der Waals surface area contributed by atoms with Crippen LogP contribution in [-0.2, 0) is 0 Å². The fraction of sp³-hybridized carbons (Fsp3) is 0.100. The summed E-state index contributed by atoms with van der Waals surface area (Å²) in [5, 5.41) is 3.67. The Kier molecular flexibility index (Phi) is 11.3. The van der Waals surface area contributed by atoms with Crippen LogP contribution in [0.1, 0.15) is 33.4 Å². The van der Waals surface area contributed by atoms with E-state index < -0.39 is 7.38 Å². The van der Waals surface area contributed by atoms with E-state index in [1.54, 1.807) is 0 Å². The lowest BCUT2D eigenvalue weighted by Crippen LogP contribution is -2.67. The minimum absolute atomic E-state index is 1.16. The summed E-state index contributed by atoms with van der Waals surface area (Å²) in [5.74, 6) is 0. The summed E-state index contributed by atoms with van der Waals surface area (Å²) in [7, 11) is -3.78. The van der Waals surface area contributed by atoms with Gasteiger partial charge in [-0.2, -0.15) is 0 Å². The second kappa shape index (κ2) is 17.1. The van der Waals surface area contributed by atoms with Crippen molar-refractivity contribution >= 4 is 34.0 Å². The molecular formula is C60H51ClSi. The van der Waals surface area contributed by atoms with Crippen molar-refractivity contribution in [2.45, 2.75) is 41.5 Å². The lowest BCUT2D eigenvalue weighted by atomic mass is 9.88. The molecule has 0 saturated carbocycles. The fourth-order valence-corrected chi connectivity index (χ4v) is 16.9. The molecule has 0 fully saturated rings. The first-order chi connectivity index (χ1) is 30.2. The molecule has 0 radical (unpaired) electrons. The summed E-state index contributed by atoms with van der Waals surface area (Å²) in [6, 6.07) is 73.0. The summed E-state index contributed by atoms with van der Waals surface area (Å²) >= 11 is 9.57. The Balaban J connectivity index is 1.60. The molecule has 302 valence electrons. The van der Waals surface area contributed by atoms with Gasteiger partial charge in [-0.3, -0.25) is 0 Å². The number of aryl methyl sites for hydroxylation is 6. The zero-order valence-corrected chi connectivity index (χ0v) is 38.2. The van der Waals surface area contributed by atoms with Gasteiger partial charge in [0.15, 0.2) is 0 Å². The first kappa shape index (κ1) is 40.9. The maximum absolute atomic E-state index is 9.57. The van der Waals surface area contributed by atoms with E-state index in [1.807, 2.05) is 0 Å². The van der Waals surface area contributed by atoms with Gasteiger partial charge in [-0.05, 0) is 157 Å².